The first kappa shape index (κ1) is 69.8. The summed E-state index contributed by atoms with van der Waals surface area (Å²) in [5.41, 5.74) is -0.872. The van der Waals surface area contributed by atoms with E-state index in [1.54, 1.807) is 6.07 Å². The van der Waals surface area contributed by atoms with Gasteiger partial charge in [0.15, 0.2) is 31.5 Å². The summed E-state index contributed by atoms with van der Waals surface area (Å²) in [4.78, 5) is 61.0. The molecule has 3 amide bonds. The van der Waals surface area contributed by atoms with Crippen LogP contribution in [0.5, 0.6) is 0 Å². The SMILES string of the molecule is CNc1ccccc1C(=O)N[C@H]1[C@H](O[C@@H]2O[C@@H](CO)[C@H](O)[C@@H](O)[C@H]2O)[C@H](O)[C@H](O[C@@H]2[C@@H](O)[C@H](NC(C)=O)[C@@H](O[C@@H]3[C@@H](O)[C@H](NC(C)=O)[C@@H](OCCCNc4ccc([N+](=O)[O-])cc4[N+](=O)[O-])O[C@H]3CO)O[C@H]2CO)O[C@@H]1CO[C@H]1O[C@H](CO)[C@@H](O)[C@H](O)[C@@H]1O. The molecule has 5 aliphatic heterocycles. The zero-order valence-corrected chi connectivity index (χ0v) is 47.3. The standard InChI is InChI=1S/C51H75N7O30/c1-19(63)54-32-36(67)43(28(16-61)83-47(32)79-12-6-11-53-24-10-9-21(57(75)76)13-25(24)58(77)78)86-48-33(55-20(2)64)37(68)44(29(17-62)84-48)87-51-42(73)45(88-50-41(72)39(70)35(66)27(15-60)82-50)31(56-46(74)22-7-4-5-8-23(22)52-3)30(85-51)18-80-49-40(71)38(69)34(65)26(14-59)81-49/h4-5,7-10,13,26-45,47-53,59-62,65-73H,6,11-12,14-18H2,1-3H3,(H,54,63)(H,55,64)(H,56,74)/t26-,27+,28+,29+,30-,31-,32+,33+,34-,35+,36+,37+,38+,39-,40+,41-,42+,43+,44+,45+,47+,48-,49+,50+,51+/m1/s1. The summed E-state index contributed by atoms with van der Waals surface area (Å²) in [6.45, 7) is -2.84. The number of aliphatic hydroxyl groups excluding tert-OH is 13. The van der Waals surface area contributed by atoms with Gasteiger partial charge in [-0.2, -0.15) is 0 Å². The fourth-order valence-corrected chi connectivity index (χ4v) is 10.6. The van der Waals surface area contributed by atoms with Crippen LogP contribution in [0.3, 0.4) is 0 Å². The van der Waals surface area contributed by atoms with E-state index >= 15 is 0 Å². The molecule has 5 heterocycles. The molecule has 7 rings (SSSR count). The quantitative estimate of drug-likeness (QED) is 0.0236. The lowest BCUT2D eigenvalue weighted by molar-refractivity contribution is -0.393. The second kappa shape index (κ2) is 31.4. The molecule has 0 spiro atoms. The first-order chi connectivity index (χ1) is 41.9. The fourth-order valence-electron chi connectivity index (χ4n) is 10.6. The second-order valence-corrected chi connectivity index (χ2v) is 21.1. The number of benzene rings is 2. The van der Waals surface area contributed by atoms with Crippen LogP contribution < -0.4 is 26.6 Å². The number of hydrogen-bond donors (Lipinski definition) is 18. The second-order valence-electron chi connectivity index (χ2n) is 21.1. The maximum Gasteiger partial charge on any atom is 0.299 e. The van der Waals surface area contributed by atoms with Crippen molar-refractivity contribution in [2.45, 2.75) is 174 Å². The molecule has 0 saturated carbocycles. The molecular formula is C51H75N7O30. The highest BCUT2D eigenvalue weighted by molar-refractivity contribution is 5.99. The Bertz CT molecular complexity index is 2650. The zero-order valence-electron chi connectivity index (χ0n) is 47.3. The van der Waals surface area contributed by atoms with Gasteiger partial charge in [0.2, 0.25) is 11.8 Å². The number of nitrogens with zero attached hydrogens (tertiary/aromatic N) is 2. The number of carbonyl (C=O) groups is 3. The average molecular weight is 1270 g/mol. The number of nitrogens with one attached hydrogen (secondary N) is 5. The summed E-state index contributed by atoms with van der Waals surface area (Å²) in [5.74, 6) is -2.47. The van der Waals surface area contributed by atoms with Crippen LogP contribution in [0.1, 0.15) is 30.6 Å². The molecule has 0 aromatic heterocycles. The number of para-hydroxylation sites is 1. The van der Waals surface area contributed by atoms with Crippen molar-refractivity contribution < 1.29 is 138 Å². The molecule has 2 aromatic rings. The van der Waals surface area contributed by atoms with Gasteiger partial charge < -0.3 is 140 Å². The van der Waals surface area contributed by atoms with E-state index in [9.17, 15) is 101 Å². The van der Waals surface area contributed by atoms with Crippen LogP contribution in [-0.4, -0.2) is 301 Å². The molecule has 5 aliphatic rings. The predicted molar refractivity (Wildman–Crippen MR) is 288 cm³/mol. The Morgan fingerprint density at radius 2 is 1.02 bits per heavy atom. The van der Waals surface area contributed by atoms with Crippen molar-refractivity contribution in [2.75, 3.05) is 63.9 Å². The van der Waals surface area contributed by atoms with Gasteiger partial charge in [0.25, 0.3) is 17.3 Å². The van der Waals surface area contributed by atoms with E-state index in [-0.39, 0.29) is 36.5 Å². The topological polar surface area (TPSA) is 553 Å². The summed E-state index contributed by atoms with van der Waals surface area (Å²) in [6.07, 6.45) is -41.6. The molecule has 2 aromatic carbocycles. The summed E-state index contributed by atoms with van der Waals surface area (Å²) >= 11 is 0. The van der Waals surface area contributed by atoms with Gasteiger partial charge in [0.1, 0.15) is 122 Å². The maximum absolute atomic E-state index is 14.3. The van der Waals surface area contributed by atoms with E-state index in [1.807, 2.05) is 0 Å². The highest BCUT2D eigenvalue weighted by atomic mass is 16.8. The number of carbonyl (C=O) groups excluding carboxylic acids is 3. The van der Waals surface area contributed by atoms with Gasteiger partial charge in [-0.05, 0) is 24.6 Å². The Labute approximate surface area is 499 Å². The minimum atomic E-state index is -2.27. The van der Waals surface area contributed by atoms with E-state index in [4.69, 9.17) is 47.4 Å². The molecule has 0 radical (unpaired) electrons. The molecule has 37 nitrogen and oxygen atoms in total. The molecule has 5 saturated heterocycles. The molecule has 494 valence electrons. The predicted octanol–water partition coefficient (Wildman–Crippen LogP) is -7.81. The van der Waals surface area contributed by atoms with Gasteiger partial charge in [-0.3, -0.25) is 34.6 Å². The Kier molecular flexibility index (Phi) is 24.9. The van der Waals surface area contributed by atoms with E-state index in [0.717, 1.165) is 32.0 Å². The Hall–Kier alpha value is -5.67. The first-order valence-electron chi connectivity index (χ1n) is 27.7. The number of nitro groups is 2. The maximum atomic E-state index is 14.3. The number of ether oxygens (including phenoxy) is 10. The smallest absolute Gasteiger partial charge is 0.299 e. The lowest BCUT2D eigenvalue weighted by atomic mass is 9.93. The fraction of sp³-hybridized carbons (Fsp3) is 0.706. The summed E-state index contributed by atoms with van der Waals surface area (Å²) in [7, 11) is 1.51. The molecule has 0 aliphatic carbocycles. The molecular weight excluding hydrogens is 1190 g/mol. The van der Waals surface area contributed by atoms with Crippen LogP contribution >= 0.6 is 0 Å². The third kappa shape index (κ3) is 16.1. The van der Waals surface area contributed by atoms with Crippen molar-refractivity contribution in [1.29, 1.82) is 0 Å². The average Bonchev–Trinajstić information content (AvgIpc) is 3.34. The Morgan fingerprint density at radius 3 is 1.58 bits per heavy atom. The van der Waals surface area contributed by atoms with Gasteiger partial charge in [-0.15, -0.1) is 0 Å². The molecule has 5 fully saturated rings. The van der Waals surface area contributed by atoms with E-state index in [1.165, 1.54) is 25.2 Å². The molecule has 25 atom stereocenters. The van der Waals surface area contributed by atoms with Crippen molar-refractivity contribution in [3.63, 3.8) is 0 Å². The van der Waals surface area contributed by atoms with Crippen LogP contribution in [-0.2, 0) is 57.0 Å². The number of nitro benzene ring substituents is 2. The Balaban J connectivity index is 1.15. The monoisotopic (exact) mass is 1270 g/mol. The van der Waals surface area contributed by atoms with Crippen LogP contribution in [0, 0.1) is 20.2 Å². The molecule has 37 heteroatoms. The van der Waals surface area contributed by atoms with Crippen molar-refractivity contribution in [3.8, 4) is 0 Å². The number of amides is 3. The van der Waals surface area contributed by atoms with Crippen LogP contribution in [0.4, 0.5) is 22.7 Å². The van der Waals surface area contributed by atoms with Gasteiger partial charge >= 0.3 is 0 Å². The lowest BCUT2D eigenvalue weighted by Gasteiger charge is -2.51. The van der Waals surface area contributed by atoms with E-state index in [0.29, 0.717) is 0 Å². The van der Waals surface area contributed by atoms with Crippen molar-refractivity contribution in [1.82, 2.24) is 16.0 Å². The van der Waals surface area contributed by atoms with Crippen molar-refractivity contribution in [3.05, 3.63) is 68.3 Å². The highest BCUT2D eigenvalue weighted by Crippen LogP contribution is 2.37. The summed E-state index contributed by atoms with van der Waals surface area (Å²) in [5, 5.41) is 179. The number of non-ortho nitro benzene ring substituents is 1. The highest BCUT2D eigenvalue weighted by Gasteiger charge is 2.57. The van der Waals surface area contributed by atoms with Gasteiger partial charge in [0.05, 0.1) is 67.2 Å². The van der Waals surface area contributed by atoms with Crippen LogP contribution in [0.15, 0.2) is 42.5 Å². The Morgan fingerprint density at radius 1 is 0.523 bits per heavy atom. The van der Waals surface area contributed by atoms with Crippen molar-refractivity contribution >= 4 is 40.5 Å². The number of hydrogen-bond acceptors (Lipinski definition) is 32. The minimum Gasteiger partial charge on any atom is -0.394 e. The minimum absolute atomic E-state index is 0.00913. The van der Waals surface area contributed by atoms with Crippen LogP contribution in [0.2, 0.25) is 0 Å². The van der Waals surface area contributed by atoms with Crippen molar-refractivity contribution in [2.24, 2.45) is 0 Å². The summed E-state index contributed by atoms with van der Waals surface area (Å²) < 4.78 is 59.8. The normalized spacial score (nSPS) is 37.7. The first-order valence-corrected chi connectivity index (χ1v) is 27.7. The summed E-state index contributed by atoms with van der Waals surface area (Å²) in [6, 6.07) is 3.99. The van der Waals surface area contributed by atoms with Gasteiger partial charge in [-0.25, -0.2) is 0 Å². The van der Waals surface area contributed by atoms with Crippen LogP contribution in [0.25, 0.3) is 0 Å². The van der Waals surface area contributed by atoms with Gasteiger partial charge in [-0.1, -0.05) is 12.1 Å². The molecule has 18 N–H and O–H groups in total. The third-order valence-corrected chi connectivity index (χ3v) is 15.2. The lowest BCUT2D eigenvalue weighted by Crippen LogP contribution is -2.71. The van der Waals surface area contributed by atoms with Gasteiger partial charge in [0, 0.05) is 39.2 Å². The molecule has 88 heavy (non-hydrogen) atoms. The molecule has 0 bridgehead atoms. The number of aliphatic hydroxyl groups is 13. The zero-order chi connectivity index (χ0) is 64.4. The molecule has 0 unspecified atom stereocenters. The van der Waals surface area contributed by atoms with E-state index in [2.05, 4.69) is 26.6 Å². The number of anilines is 2. The third-order valence-electron chi connectivity index (χ3n) is 15.2. The largest absolute Gasteiger partial charge is 0.394 e. The number of rotatable bonds is 26. The van der Waals surface area contributed by atoms with E-state index < -0.39 is 225 Å².